The average Bonchev–Trinajstić information content (AvgIpc) is 3.18. The van der Waals surface area contributed by atoms with Crippen molar-refractivity contribution in [3.63, 3.8) is 0 Å². The van der Waals surface area contributed by atoms with E-state index in [1.54, 1.807) is 11.3 Å². The van der Waals surface area contributed by atoms with E-state index in [9.17, 15) is 4.79 Å². The summed E-state index contributed by atoms with van der Waals surface area (Å²) < 4.78 is 5.53. The molecule has 150 valence electrons. The highest BCUT2D eigenvalue weighted by atomic mass is 32.1. The first kappa shape index (κ1) is 19.6. The number of nitrogens with zero attached hydrogens (tertiary/aromatic N) is 2. The molecule has 28 heavy (non-hydrogen) atoms. The molecular weight excluding hydrogens is 368 g/mol. The predicted octanol–water partition coefficient (Wildman–Crippen LogP) is 4.13. The SMILES string of the molecule is Cc1ccc(C(=O)N(CCCN2CCc3ccccc3C2)C2CCOCC2)s1. The van der Waals surface area contributed by atoms with Crippen molar-refractivity contribution in [1.82, 2.24) is 9.80 Å². The molecule has 0 saturated carbocycles. The summed E-state index contributed by atoms with van der Waals surface area (Å²) in [5.41, 5.74) is 2.95. The van der Waals surface area contributed by atoms with Crippen LogP contribution >= 0.6 is 11.3 Å². The lowest BCUT2D eigenvalue weighted by atomic mass is 10.00. The van der Waals surface area contributed by atoms with E-state index in [-0.39, 0.29) is 5.91 Å². The Morgan fingerprint density at radius 2 is 1.96 bits per heavy atom. The maximum atomic E-state index is 13.2. The van der Waals surface area contributed by atoms with Crippen LogP contribution in [-0.2, 0) is 17.7 Å². The number of hydrogen-bond donors (Lipinski definition) is 0. The van der Waals surface area contributed by atoms with Gasteiger partial charge in [-0.15, -0.1) is 11.3 Å². The van der Waals surface area contributed by atoms with Crippen molar-refractivity contribution in [2.45, 2.75) is 45.2 Å². The Hall–Kier alpha value is -1.69. The minimum absolute atomic E-state index is 0.203. The zero-order valence-corrected chi connectivity index (χ0v) is 17.5. The fourth-order valence-electron chi connectivity index (χ4n) is 4.35. The lowest BCUT2D eigenvalue weighted by Crippen LogP contribution is -2.44. The molecule has 1 aromatic carbocycles. The summed E-state index contributed by atoms with van der Waals surface area (Å²) >= 11 is 1.61. The number of benzene rings is 1. The number of hydrogen-bond acceptors (Lipinski definition) is 4. The third-order valence-electron chi connectivity index (χ3n) is 5.93. The zero-order valence-electron chi connectivity index (χ0n) is 16.7. The second-order valence-electron chi connectivity index (χ2n) is 7.90. The number of carbonyl (C=O) groups excluding carboxylic acids is 1. The van der Waals surface area contributed by atoms with E-state index >= 15 is 0 Å². The van der Waals surface area contributed by atoms with E-state index < -0.39 is 0 Å². The Morgan fingerprint density at radius 3 is 2.71 bits per heavy atom. The standard InChI is InChI=1S/C23H30N2O2S/c1-18-7-8-22(28-18)23(26)25(21-10-15-27-16-11-21)13-4-12-24-14-9-19-5-2-3-6-20(19)17-24/h2-3,5-8,21H,4,9-17H2,1H3. The maximum Gasteiger partial charge on any atom is 0.264 e. The van der Waals surface area contributed by atoms with E-state index in [2.05, 4.69) is 41.0 Å². The topological polar surface area (TPSA) is 32.8 Å². The van der Waals surface area contributed by atoms with Crippen molar-refractivity contribution in [2.24, 2.45) is 0 Å². The Bertz CT molecular complexity index is 797. The largest absolute Gasteiger partial charge is 0.381 e. The number of carbonyl (C=O) groups is 1. The molecule has 0 radical (unpaired) electrons. The van der Waals surface area contributed by atoms with Gasteiger partial charge in [0.05, 0.1) is 4.88 Å². The van der Waals surface area contributed by atoms with Gasteiger partial charge in [0.25, 0.3) is 5.91 Å². The van der Waals surface area contributed by atoms with Crippen LogP contribution in [0.2, 0.25) is 0 Å². The Labute approximate surface area is 172 Å². The van der Waals surface area contributed by atoms with Crippen molar-refractivity contribution < 1.29 is 9.53 Å². The van der Waals surface area contributed by atoms with Crippen molar-refractivity contribution in [2.75, 3.05) is 32.8 Å². The van der Waals surface area contributed by atoms with Crippen molar-refractivity contribution >= 4 is 17.2 Å². The van der Waals surface area contributed by atoms with E-state index in [0.29, 0.717) is 6.04 Å². The van der Waals surface area contributed by atoms with Crippen LogP contribution in [0.5, 0.6) is 0 Å². The fraction of sp³-hybridized carbons (Fsp3) is 0.522. The quantitative estimate of drug-likeness (QED) is 0.734. The molecule has 2 aromatic rings. The maximum absolute atomic E-state index is 13.2. The summed E-state index contributed by atoms with van der Waals surface area (Å²) in [6.45, 7) is 7.62. The molecule has 1 amide bonds. The van der Waals surface area contributed by atoms with Gasteiger partial charge >= 0.3 is 0 Å². The summed E-state index contributed by atoms with van der Waals surface area (Å²) in [4.78, 5) is 19.9. The summed E-state index contributed by atoms with van der Waals surface area (Å²) in [5, 5.41) is 0. The van der Waals surface area contributed by atoms with Crippen LogP contribution in [-0.4, -0.2) is 54.6 Å². The van der Waals surface area contributed by atoms with E-state index in [0.717, 1.165) is 70.0 Å². The highest BCUT2D eigenvalue weighted by Crippen LogP contribution is 2.23. The summed E-state index contributed by atoms with van der Waals surface area (Å²) in [6.07, 6.45) is 4.06. The molecular formula is C23H30N2O2S. The van der Waals surface area contributed by atoms with Gasteiger partial charge in [0.2, 0.25) is 0 Å². The van der Waals surface area contributed by atoms with Crippen LogP contribution in [0.3, 0.4) is 0 Å². The summed E-state index contributed by atoms with van der Waals surface area (Å²) in [6, 6.07) is 13.1. The molecule has 0 aliphatic carbocycles. The lowest BCUT2D eigenvalue weighted by molar-refractivity contribution is 0.0282. The molecule has 1 fully saturated rings. The van der Waals surface area contributed by atoms with E-state index in [1.165, 1.54) is 16.0 Å². The second kappa shape index (κ2) is 9.21. The van der Waals surface area contributed by atoms with Gasteiger partial charge in [-0.2, -0.15) is 0 Å². The molecule has 0 N–H and O–H groups in total. The van der Waals surface area contributed by atoms with Crippen molar-refractivity contribution in [1.29, 1.82) is 0 Å². The molecule has 2 aliphatic rings. The molecule has 2 aliphatic heterocycles. The van der Waals surface area contributed by atoms with Crippen LogP contribution in [0.25, 0.3) is 0 Å². The van der Waals surface area contributed by atoms with Crippen LogP contribution in [0.15, 0.2) is 36.4 Å². The molecule has 4 nitrogen and oxygen atoms in total. The summed E-state index contributed by atoms with van der Waals surface area (Å²) in [5.74, 6) is 0.203. The molecule has 0 unspecified atom stereocenters. The van der Waals surface area contributed by atoms with Gasteiger partial charge < -0.3 is 9.64 Å². The van der Waals surface area contributed by atoms with Crippen molar-refractivity contribution in [3.05, 3.63) is 57.3 Å². The monoisotopic (exact) mass is 398 g/mol. The first-order valence-corrected chi connectivity index (χ1v) is 11.3. The Kier molecular flexibility index (Phi) is 6.45. The van der Waals surface area contributed by atoms with Gasteiger partial charge in [-0.05, 0) is 55.9 Å². The average molecular weight is 399 g/mol. The Morgan fingerprint density at radius 1 is 1.18 bits per heavy atom. The molecule has 1 aromatic heterocycles. The molecule has 0 spiro atoms. The number of fused-ring (bicyclic) bond motifs is 1. The number of rotatable bonds is 6. The predicted molar refractivity (Wildman–Crippen MR) is 114 cm³/mol. The van der Waals surface area contributed by atoms with Gasteiger partial charge in [-0.3, -0.25) is 9.69 Å². The zero-order chi connectivity index (χ0) is 19.3. The van der Waals surface area contributed by atoms with Crippen LogP contribution in [0.1, 0.15) is 44.9 Å². The van der Waals surface area contributed by atoms with Gasteiger partial charge in [0.15, 0.2) is 0 Å². The van der Waals surface area contributed by atoms with E-state index in [4.69, 9.17) is 4.74 Å². The number of amides is 1. The molecule has 4 rings (SSSR count). The molecule has 1 saturated heterocycles. The minimum atomic E-state index is 0.203. The fourth-order valence-corrected chi connectivity index (χ4v) is 5.17. The van der Waals surface area contributed by atoms with Crippen LogP contribution in [0.4, 0.5) is 0 Å². The highest BCUT2D eigenvalue weighted by molar-refractivity contribution is 7.13. The first-order valence-electron chi connectivity index (χ1n) is 10.4. The third kappa shape index (κ3) is 4.65. The third-order valence-corrected chi connectivity index (χ3v) is 6.92. The highest BCUT2D eigenvalue weighted by Gasteiger charge is 2.27. The molecule has 5 heteroatoms. The van der Waals surface area contributed by atoms with Gasteiger partial charge in [-0.1, -0.05) is 24.3 Å². The smallest absolute Gasteiger partial charge is 0.264 e. The molecule has 3 heterocycles. The number of thiophene rings is 1. The van der Waals surface area contributed by atoms with Crippen LogP contribution < -0.4 is 0 Å². The summed E-state index contributed by atoms with van der Waals surface area (Å²) in [7, 11) is 0. The number of aryl methyl sites for hydroxylation is 1. The minimum Gasteiger partial charge on any atom is -0.381 e. The Balaban J connectivity index is 1.36. The van der Waals surface area contributed by atoms with Gasteiger partial charge in [0.1, 0.15) is 0 Å². The van der Waals surface area contributed by atoms with Crippen LogP contribution in [0, 0.1) is 6.92 Å². The van der Waals surface area contributed by atoms with Gasteiger partial charge in [-0.25, -0.2) is 0 Å². The molecule has 0 bridgehead atoms. The second-order valence-corrected chi connectivity index (χ2v) is 9.19. The number of ether oxygens (including phenoxy) is 1. The lowest BCUT2D eigenvalue weighted by Gasteiger charge is -2.35. The first-order chi connectivity index (χ1) is 13.7. The van der Waals surface area contributed by atoms with Crippen molar-refractivity contribution in [3.8, 4) is 0 Å². The molecule has 0 atom stereocenters. The van der Waals surface area contributed by atoms with Gasteiger partial charge in [0, 0.05) is 50.3 Å². The van der Waals surface area contributed by atoms with E-state index in [1.807, 2.05) is 12.1 Å². The normalized spacial score (nSPS) is 18.0.